The van der Waals surface area contributed by atoms with Gasteiger partial charge in [-0.3, -0.25) is 14.4 Å². The SMILES string of the molecule is CC(C)n1ccc(C(=O)N2CCN(C3CCOCC3)CC2)n1. The second-order valence-electron chi connectivity index (χ2n) is 6.45. The van der Waals surface area contributed by atoms with Gasteiger partial charge in [-0.05, 0) is 32.8 Å². The maximum Gasteiger partial charge on any atom is 0.274 e. The number of carbonyl (C=O) groups is 1. The summed E-state index contributed by atoms with van der Waals surface area (Å²) in [4.78, 5) is 17.0. The minimum atomic E-state index is 0.0611. The second-order valence-corrected chi connectivity index (χ2v) is 6.45. The number of nitrogens with zero attached hydrogens (tertiary/aromatic N) is 4. The fourth-order valence-corrected chi connectivity index (χ4v) is 3.24. The largest absolute Gasteiger partial charge is 0.381 e. The van der Waals surface area contributed by atoms with E-state index in [9.17, 15) is 4.79 Å². The van der Waals surface area contributed by atoms with Gasteiger partial charge in [-0.2, -0.15) is 5.10 Å². The molecule has 0 bridgehead atoms. The van der Waals surface area contributed by atoms with E-state index in [-0.39, 0.29) is 11.9 Å². The van der Waals surface area contributed by atoms with Crippen LogP contribution in [0.4, 0.5) is 0 Å². The Kier molecular flexibility index (Phi) is 4.78. The number of ether oxygens (including phenoxy) is 1. The molecule has 0 saturated carbocycles. The molecule has 0 aromatic carbocycles. The molecule has 0 spiro atoms. The van der Waals surface area contributed by atoms with E-state index in [2.05, 4.69) is 23.8 Å². The van der Waals surface area contributed by atoms with Crippen LogP contribution < -0.4 is 0 Å². The number of hydrogen-bond donors (Lipinski definition) is 0. The topological polar surface area (TPSA) is 50.6 Å². The third kappa shape index (κ3) is 3.33. The van der Waals surface area contributed by atoms with E-state index in [0.29, 0.717) is 11.7 Å². The molecule has 0 unspecified atom stereocenters. The first-order valence-electron chi connectivity index (χ1n) is 8.31. The summed E-state index contributed by atoms with van der Waals surface area (Å²) in [6.45, 7) is 9.38. The highest BCUT2D eigenvalue weighted by Crippen LogP contribution is 2.17. The van der Waals surface area contributed by atoms with Crippen molar-refractivity contribution in [1.82, 2.24) is 19.6 Å². The van der Waals surface area contributed by atoms with Crippen LogP contribution >= 0.6 is 0 Å². The zero-order valence-electron chi connectivity index (χ0n) is 13.6. The highest BCUT2D eigenvalue weighted by atomic mass is 16.5. The lowest BCUT2D eigenvalue weighted by Gasteiger charge is -2.40. The lowest BCUT2D eigenvalue weighted by Crippen LogP contribution is -2.53. The summed E-state index contributed by atoms with van der Waals surface area (Å²) in [5.41, 5.74) is 0.563. The number of hydrogen-bond acceptors (Lipinski definition) is 4. The third-order valence-electron chi connectivity index (χ3n) is 4.67. The van der Waals surface area contributed by atoms with Crippen molar-refractivity contribution in [2.75, 3.05) is 39.4 Å². The van der Waals surface area contributed by atoms with Crippen LogP contribution in [0.5, 0.6) is 0 Å². The van der Waals surface area contributed by atoms with E-state index < -0.39 is 0 Å². The average Bonchev–Trinajstić information content (AvgIpc) is 3.05. The number of aromatic nitrogens is 2. The van der Waals surface area contributed by atoms with Crippen LogP contribution in [0, 0.1) is 0 Å². The summed E-state index contributed by atoms with van der Waals surface area (Å²) in [5.74, 6) is 0.0611. The van der Waals surface area contributed by atoms with Crippen molar-refractivity contribution >= 4 is 5.91 Å². The number of carbonyl (C=O) groups excluding carboxylic acids is 1. The molecule has 3 heterocycles. The zero-order chi connectivity index (χ0) is 15.5. The highest BCUT2D eigenvalue weighted by molar-refractivity contribution is 5.92. The maximum atomic E-state index is 12.5. The monoisotopic (exact) mass is 306 g/mol. The molecule has 122 valence electrons. The summed E-state index contributed by atoms with van der Waals surface area (Å²) < 4.78 is 7.27. The van der Waals surface area contributed by atoms with Gasteiger partial charge in [-0.1, -0.05) is 0 Å². The number of rotatable bonds is 3. The van der Waals surface area contributed by atoms with Gasteiger partial charge >= 0.3 is 0 Å². The van der Waals surface area contributed by atoms with E-state index in [1.807, 2.05) is 21.8 Å². The lowest BCUT2D eigenvalue weighted by molar-refractivity contribution is 0.0136. The van der Waals surface area contributed by atoms with Crippen LogP contribution in [0.2, 0.25) is 0 Å². The van der Waals surface area contributed by atoms with E-state index in [1.54, 1.807) is 0 Å². The van der Waals surface area contributed by atoms with Crippen LogP contribution in [0.15, 0.2) is 12.3 Å². The minimum Gasteiger partial charge on any atom is -0.381 e. The normalized spacial score (nSPS) is 21.5. The van der Waals surface area contributed by atoms with Crippen LogP contribution in [-0.4, -0.2) is 70.9 Å². The maximum absolute atomic E-state index is 12.5. The lowest BCUT2D eigenvalue weighted by atomic mass is 10.1. The fourth-order valence-electron chi connectivity index (χ4n) is 3.24. The summed E-state index contributed by atoms with van der Waals surface area (Å²) in [6, 6.07) is 2.74. The van der Waals surface area contributed by atoms with E-state index in [0.717, 1.165) is 52.2 Å². The summed E-state index contributed by atoms with van der Waals surface area (Å²) in [7, 11) is 0. The molecule has 0 atom stereocenters. The number of amides is 1. The molecular weight excluding hydrogens is 280 g/mol. The van der Waals surface area contributed by atoms with Gasteiger partial charge in [-0.15, -0.1) is 0 Å². The molecule has 1 aromatic rings. The molecule has 2 aliphatic heterocycles. The van der Waals surface area contributed by atoms with Crippen LogP contribution in [-0.2, 0) is 4.74 Å². The third-order valence-corrected chi connectivity index (χ3v) is 4.67. The summed E-state index contributed by atoms with van der Waals surface area (Å²) in [6.07, 6.45) is 4.12. The van der Waals surface area contributed by atoms with Crippen LogP contribution in [0.25, 0.3) is 0 Å². The van der Waals surface area contributed by atoms with Gasteiger partial charge in [0.2, 0.25) is 0 Å². The first-order chi connectivity index (χ1) is 10.6. The van der Waals surface area contributed by atoms with Gasteiger partial charge in [0.05, 0.1) is 0 Å². The molecule has 2 aliphatic rings. The first-order valence-corrected chi connectivity index (χ1v) is 8.31. The average molecular weight is 306 g/mol. The molecule has 2 saturated heterocycles. The Balaban J connectivity index is 1.54. The summed E-state index contributed by atoms with van der Waals surface area (Å²) in [5, 5.41) is 4.39. The molecule has 0 N–H and O–H groups in total. The molecule has 22 heavy (non-hydrogen) atoms. The van der Waals surface area contributed by atoms with E-state index >= 15 is 0 Å². The van der Waals surface area contributed by atoms with Crippen molar-refractivity contribution in [1.29, 1.82) is 0 Å². The molecule has 2 fully saturated rings. The molecule has 3 rings (SSSR count). The Labute approximate surface area is 132 Å². The van der Waals surface area contributed by atoms with Crippen molar-refractivity contribution in [2.45, 2.75) is 38.8 Å². The zero-order valence-corrected chi connectivity index (χ0v) is 13.6. The Hall–Kier alpha value is -1.40. The molecule has 1 aromatic heterocycles. The predicted molar refractivity (Wildman–Crippen MR) is 83.9 cm³/mol. The standard InChI is InChI=1S/C16H26N4O2/c1-13(2)20-6-3-15(17-20)16(21)19-9-7-18(8-10-19)14-4-11-22-12-5-14/h3,6,13-14H,4-5,7-12H2,1-2H3. The molecule has 6 heteroatoms. The number of piperazine rings is 1. The predicted octanol–water partition coefficient (Wildman–Crippen LogP) is 1.40. The molecule has 0 aliphatic carbocycles. The molecular formula is C16H26N4O2. The van der Waals surface area contributed by atoms with E-state index in [4.69, 9.17) is 4.74 Å². The van der Waals surface area contributed by atoms with E-state index in [1.165, 1.54) is 0 Å². The van der Waals surface area contributed by atoms with Gasteiger partial charge in [-0.25, -0.2) is 0 Å². The molecule has 0 radical (unpaired) electrons. The Morgan fingerprint density at radius 2 is 1.91 bits per heavy atom. The van der Waals surface area contributed by atoms with Crippen molar-refractivity contribution in [3.8, 4) is 0 Å². The Bertz CT molecular complexity index is 500. The van der Waals surface area contributed by atoms with Crippen molar-refractivity contribution in [2.24, 2.45) is 0 Å². The Morgan fingerprint density at radius 3 is 2.50 bits per heavy atom. The van der Waals surface area contributed by atoms with Crippen molar-refractivity contribution < 1.29 is 9.53 Å². The van der Waals surface area contributed by atoms with Gasteiger partial charge in [0.15, 0.2) is 0 Å². The van der Waals surface area contributed by atoms with Gasteiger partial charge < -0.3 is 9.64 Å². The van der Waals surface area contributed by atoms with Gasteiger partial charge in [0.1, 0.15) is 5.69 Å². The van der Waals surface area contributed by atoms with Crippen molar-refractivity contribution in [3.63, 3.8) is 0 Å². The first kappa shape index (κ1) is 15.5. The van der Waals surface area contributed by atoms with Crippen LogP contribution in [0.1, 0.15) is 43.2 Å². The van der Waals surface area contributed by atoms with Crippen molar-refractivity contribution in [3.05, 3.63) is 18.0 Å². The fraction of sp³-hybridized carbons (Fsp3) is 0.750. The Morgan fingerprint density at radius 1 is 1.23 bits per heavy atom. The summed E-state index contributed by atoms with van der Waals surface area (Å²) >= 11 is 0. The van der Waals surface area contributed by atoms with Gasteiger partial charge in [0.25, 0.3) is 5.91 Å². The van der Waals surface area contributed by atoms with Crippen LogP contribution in [0.3, 0.4) is 0 Å². The highest BCUT2D eigenvalue weighted by Gasteiger charge is 2.28. The van der Waals surface area contributed by atoms with Gasteiger partial charge in [0, 0.05) is 57.7 Å². The quantitative estimate of drug-likeness (QED) is 0.847. The smallest absolute Gasteiger partial charge is 0.274 e. The molecule has 1 amide bonds. The second kappa shape index (κ2) is 6.79. The molecule has 6 nitrogen and oxygen atoms in total. The minimum absolute atomic E-state index is 0.0611.